The number of rotatable bonds is 57. The fourth-order valence-electron chi connectivity index (χ4n) is 10.5. The molecule has 0 bridgehead atoms. The van der Waals surface area contributed by atoms with Crippen LogP contribution in [0, 0.1) is 0 Å². The van der Waals surface area contributed by atoms with E-state index in [-0.39, 0.29) is 56.9 Å². The van der Waals surface area contributed by atoms with Crippen molar-refractivity contribution in [3.63, 3.8) is 0 Å². The first-order valence-electron chi connectivity index (χ1n) is 32.5. The van der Waals surface area contributed by atoms with E-state index in [0.29, 0.717) is 57.8 Å². The Morgan fingerprint density at radius 3 is 1.24 bits per heavy atom. The van der Waals surface area contributed by atoms with Crippen LogP contribution >= 0.6 is 0 Å². The molecule has 0 aromatic carbocycles. The maximum atomic E-state index is 13.1. The highest BCUT2D eigenvalue weighted by atomic mass is 16.6. The van der Waals surface area contributed by atoms with Crippen LogP contribution in [-0.4, -0.2) is 131 Å². The molecule has 2 fully saturated rings. The summed E-state index contributed by atoms with van der Waals surface area (Å²) in [6.45, 7) is 16.3. The van der Waals surface area contributed by atoms with Crippen molar-refractivity contribution in [1.29, 1.82) is 0 Å². The molecule has 478 valence electrons. The van der Waals surface area contributed by atoms with Crippen molar-refractivity contribution >= 4 is 35.8 Å². The van der Waals surface area contributed by atoms with Crippen LogP contribution in [0.5, 0.6) is 0 Å². The van der Waals surface area contributed by atoms with Crippen molar-refractivity contribution in [2.24, 2.45) is 0 Å². The number of hydrogen-bond donors (Lipinski definition) is 3. The molecule has 0 saturated carbocycles. The van der Waals surface area contributed by atoms with E-state index in [1.807, 2.05) is 6.92 Å². The molecule has 17 heteroatoms. The lowest BCUT2D eigenvalue weighted by atomic mass is 9.99. The number of carbonyl (C=O) groups excluding carboxylic acids is 6. The third-order valence-corrected chi connectivity index (χ3v) is 15.7. The van der Waals surface area contributed by atoms with Gasteiger partial charge in [0.15, 0.2) is 6.10 Å². The maximum absolute atomic E-state index is 13.1. The number of ether oxygens (including phenoxy) is 8. The van der Waals surface area contributed by atoms with Gasteiger partial charge in [0.2, 0.25) is 0 Å². The van der Waals surface area contributed by atoms with E-state index in [2.05, 4.69) is 33.6 Å². The summed E-state index contributed by atoms with van der Waals surface area (Å²) >= 11 is 0. The topological polar surface area (TPSA) is 244 Å². The van der Waals surface area contributed by atoms with Crippen LogP contribution in [0.1, 0.15) is 265 Å². The smallest absolute Gasteiger partial charge is 0.330 e. The van der Waals surface area contributed by atoms with E-state index >= 15 is 0 Å². The zero-order valence-electron chi connectivity index (χ0n) is 51.5. The molecule has 0 aromatic rings. The molecule has 0 aromatic heterocycles. The lowest BCUT2D eigenvalue weighted by molar-refractivity contribution is -0.167. The summed E-state index contributed by atoms with van der Waals surface area (Å²) in [5, 5.41) is 32.3. The third kappa shape index (κ3) is 38.5. The Balaban J connectivity index is 1.79. The summed E-state index contributed by atoms with van der Waals surface area (Å²) < 4.78 is 44.8. The molecule has 2 aliphatic heterocycles. The van der Waals surface area contributed by atoms with Gasteiger partial charge in [-0.05, 0) is 83.5 Å². The average molecular weight is 1180 g/mol. The Kier molecular flexibility index (Phi) is 43.3. The minimum atomic E-state index is -0.973. The molecular weight excluding hydrogens is 1060 g/mol. The van der Waals surface area contributed by atoms with E-state index in [9.17, 15) is 44.1 Å². The van der Waals surface area contributed by atoms with Gasteiger partial charge in [-0.2, -0.15) is 0 Å². The van der Waals surface area contributed by atoms with Crippen molar-refractivity contribution < 1.29 is 82.0 Å². The Bertz CT molecular complexity index is 1790. The van der Waals surface area contributed by atoms with Gasteiger partial charge < -0.3 is 53.2 Å². The number of hydrogen-bond acceptors (Lipinski definition) is 17. The monoisotopic (exact) mass is 1180 g/mol. The average Bonchev–Trinajstić information content (AvgIpc) is 4.45. The summed E-state index contributed by atoms with van der Waals surface area (Å²) in [6.07, 6.45) is 28.6. The number of carbonyl (C=O) groups is 6. The Hall–Kier alpha value is -4.16. The molecule has 83 heavy (non-hydrogen) atoms. The predicted octanol–water partition coefficient (Wildman–Crippen LogP) is 12.8. The summed E-state index contributed by atoms with van der Waals surface area (Å²) in [5.74, 6) is -3.03. The summed E-state index contributed by atoms with van der Waals surface area (Å²) in [4.78, 5) is 74.7. The highest BCUT2D eigenvalue weighted by Gasteiger charge is 2.42. The third-order valence-electron chi connectivity index (χ3n) is 15.7. The van der Waals surface area contributed by atoms with Crippen LogP contribution in [0.3, 0.4) is 0 Å². The molecule has 2 heterocycles. The molecule has 0 aliphatic carbocycles. The fraction of sp³-hybridized carbons (Fsp3) is 0.818. The SMILES string of the molecule is C=CC(=O)OC(CCCCCCCCC)C(O)CCCCCCCC(=O)OCC(COC(=O)CCCCCCCC(OC(=O)C=C)C(O)CCC1OC1CCCCC)OC(=O)CCCCCCCC1OC1CC(OC(=O)C=C)C(O)CCC. The van der Waals surface area contributed by atoms with Crippen LogP contribution in [-0.2, 0) is 66.7 Å². The normalized spacial score (nSPS) is 18.7. The van der Waals surface area contributed by atoms with Gasteiger partial charge >= 0.3 is 35.8 Å². The molecular formula is C66H112O17. The van der Waals surface area contributed by atoms with Gasteiger partial charge in [-0.1, -0.05) is 175 Å². The van der Waals surface area contributed by atoms with Gasteiger partial charge in [-0.15, -0.1) is 0 Å². The largest absolute Gasteiger partial charge is 0.462 e. The molecule has 2 aliphatic rings. The van der Waals surface area contributed by atoms with Crippen LogP contribution in [0.4, 0.5) is 0 Å². The molecule has 11 atom stereocenters. The molecule has 0 spiro atoms. The van der Waals surface area contributed by atoms with Crippen molar-refractivity contribution in [2.45, 2.75) is 332 Å². The molecule has 2 rings (SSSR count). The van der Waals surface area contributed by atoms with Crippen LogP contribution in [0.15, 0.2) is 38.0 Å². The van der Waals surface area contributed by atoms with Gasteiger partial charge in [0.05, 0.1) is 42.7 Å². The first kappa shape index (κ1) is 74.9. The van der Waals surface area contributed by atoms with Gasteiger partial charge in [-0.25, -0.2) is 14.4 Å². The van der Waals surface area contributed by atoms with Crippen molar-refractivity contribution in [3.8, 4) is 0 Å². The lowest BCUT2D eigenvalue weighted by Gasteiger charge is -2.23. The van der Waals surface area contributed by atoms with Crippen LogP contribution in [0.2, 0.25) is 0 Å². The van der Waals surface area contributed by atoms with Crippen LogP contribution in [0.25, 0.3) is 0 Å². The first-order chi connectivity index (χ1) is 40.2. The van der Waals surface area contributed by atoms with Crippen molar-refractivity contribution in [2.75, 3.05) is 13.2 Å². The predicted molar refractivity (Wildman–Crippen MR) is 320 cm³/mol. The van der Waals surface area contributed by atoms with Gasteiger partial charge in [0, 0.05) is 43.9 Å². The minimum Gasteiger partial charge on any atom is -0.462 e. The molecule has 3 N–H and O–H groups in total. The second kappa shape index (κ2) is 48.0. The standard InChI is InChI=1S/C66H112O17/c1-7-13-15-16-17-22-30-38-54(81-61(70)10-4)52(68)37-29-21-18-25-33-42-64(73)76-48-50(78-66(75)44-35-27-20-24-32-41-57-60(80-57)47-59(51(67)36-9-3)83-63(72)12-6)49-77-65(74)43-34-26-19-23-31-39-55(82-62(71)11-5)53(69)45-46-58-56(79-58)40-28-14-8-2/h10-12,50-60,67-69H,4-9,13-49H2,1-3H3. The minimum absolute atomic E-state index is 0.0567. The Morgan fingerprint density at radius 1 is 0.386 bits per heavy atom. The molecule has 17 nitrogen and oxygen atoms in total. The van der Waals surface area contributed by atoms with Crippen LogP contribution < -0.4 is 0 Å². The van der Waals surface area contributed by atoms with Gasteiger partial charge in [0.25, 0.3) is 0 Å². The molecule has 0 amide bonds. The van der Waals surface area contributed by atoms with Crippen molar-refractivity contribution in [1.82, 2.24) is 0 Å². The summed E-state index contributed by atoms with van der Waals surface area (Å²) in [7, 11) is 0. The highest BCUT2D eigenvalue weighted by Crippen LogP contribution is 2.34. The highest BCUT2D eigenvalue weighted by molar-refractivity contribution is 5.82. The van der Waals surface area contributed by atoms with Gasteiger partial charge in [0.1, 0.15) is 31.5 Å². The number of esters is 6. The molecule has 2 saturated heterocycles. The summed E-state index contributed by atoms with van der Waals surface area (Å²) in [6, 6.07) is 0. The number of aliphatic hydroxyl groups is 3. The van der Waals surface area contributed by atoms with Gasteiger partial charge in [-0.3, -0.25) is 14.4 Å². The second-order valence-corrected chi connectivity index (χ2v) is 23.1. The van der Waals surface area contributed by atoms with E-state index < -0.39 is 78.5 Å². The first-order valence-corrected chi connectivity index (χ1v) is 32.5. The number of unbranched alkanes of at least 4 members (excludes halogenated alkanes) is 20. The zero-order chi connectivity index (χ0) is 60.9. The second-order valence-electron chi connectivity index (χ2n) is 23.1. The van der Waals surface area contributed by atoms with E-state index in [0.717, 1.165) is 153 Å². The number of epoxide rings is 2. The Morgan fingerprint density at radius 2 is 0.747 bits per heavy atom. The van der Waals surface area contributed by atoms with E-state index in [1.165, 1.54) is 32.1 Å². The lowest BCUT2D eigenvalue weighted by Crippen LogP contribution is -2.32. The van der Waals surface area contributed by atoms with E-state index in [1.54, 1.807) is 0 Å². The maximum Gasteiger partial charge on any atom is 0.330 e. The summed E-state index contributed by atoms with van der Waals surface area (Å²) in [5.41, 5.74) is 0. The Labute approximate surface area is 499 Å². The zero-order valence-corrected chi connectivity index (χ0v) is 51.5. The fourth-order valence-corrected chi connectivity index (χ4v) is 10.5. The quantitative estimate of drug-likeness (QED) is 0.0168. The van der Waals surface area contributed by atoms with Crippen molar-refractivity contribution in [3.05, 3.63) is 38.0 Å². The van der Waals surface area contributed by atoms with E-state index in [4.69, 9.17) is 37.9 Å². The molecule has 11 unspecified atom stereocenters. The molecule has 0 radical (unpaired) electrons. The number of aliphatic hydroxyl groups excluding tert-OH is 3.